The van der Waals surface area contributed by atoms with Crippen LogP contribution in [-0.2, 0) is 4.74 Å². The zero-order valence-electron chi connectivity index (χ0n) is 11.7. The summed E-state index contributed by atoms with van der Waals surface area (Å²) in [5, 5.41) is 16.0. The van der Waals surface area contributed by atoms with Crippen LogP contribution >= 0.6 is 11.3 Å². The number of nitrogens with one attached hydrogen (secondary N) is 1. The quantitative estimate of drug-likeness (QED) is 0.823. The third-order valence-electron chi connectivity index (χ3n) is 2.98. The molecule has 0 aliphatic carbocycles. The summed E-state index contributed by atoms with van der Waals surface area (Å²) in [6.07, 6.45) is -0.490. The van der Waals surface area contributed by atoms with Crippen LogP contribution in [0.1, 0.15) is 18.0 Å². The second-order valence-electron chi connectivity index (χ2n) is 4.68. The van der Waals surface area contributed by atoms with E-state index in [2.05, 4.69) is 27.8 Å². The van der Waals surface area contributed by atoms with E-state index in [0.29, 0.717) is 13.2 Å². The summed E-state index contributed by atoms with van der Waals surface area (Å²) in [5.41, 5.74) is 2.12. The Morgan fingerprint density at radius 3 is 2.80 bits per heavy atom. The van der Waals surface area contributed by atoms with Crippen LogP contribution in [0.5, 0.6) is 0 Å². The average Bonchev–Trinajstić information content (AvgIpc) is 2.96. The molecule has 5 heteroatoms. The molecule has 0 spiro atoms. The SMILES string of the molecule is COCC(O)CNC(C)c1nc(-c2ccccc2)cs1. The Morgan fingerprint density at radius 1 is 1.35 bits per heavy atom. The van der Waals surface area contributed by atoms with E-state index in [4.69, 9.17) is 4.74 Å². The Bertz CT molecular complexity index is 516. The van der Waals surface area contributed by atoms with Crippen molar-refractivity contribution in [2.24, 2.45) is 0 Å². The van der Waals surface area contributed by atoms with Gasteiger partial charge in [-0.2, -0.15) is 0 Å². The van der Waals surface area contributed by atoms with E-state index < -0.39 is 6.10 Å². The van der Waals surface area contributed by atoms with Gasteiger partial charge in [0.05, 0.1) is 24.4 Å². The predicted octanol–water partition coefficient (Wildman–Crippen LogP) is 2.47. The largest absolute Gasteiger partial charge is 0.389 e. The standard InChI is InChI=1S/C15H20N2O2S/c1-11(16-8-13(18)9-19-2)15-17-14(10-20-15)12-6-4-3-5-7-12/h3-7,10-11,13,16,18H,8-9H2,1-2H3. The Kier molecular flexibility index (Phi) is 5.67. The number of benzene rings is 1. The van der Waals surface area contributed by atoms with Gasteiger partial charge in [0.15, 0.2) is 0 Å². The third-order valence-corrected chi connectivity index (χ3v) is 4.01. The van der Waals surface area contributed by atoms with Gasteiger partial charge in [-0.1, -0.05) is 30.3 Å². The lowest BCUT2D eigenvalue weighted by molar-refractivity contribution is 0.0630. The van der Waals surface area contributed by atoms with Crippen LogP contribution in [0.4, 0.5) is 0 Å². The van der Waals surface area contributed by atoms with E-state index in [1.807, 2.05) is 25.1 Å². The van der Waals surface area contributed by atoms with Gasteiger partial charge in [0, 0.05) is 24.6 Å². The van der Waals surface area contributed by atoms with E-state index in [9.17, 15) is 5.11 Å². The summed E-state index contributed by atoms with van der Waals surface area (Å²) in [7, 11) is 1.58. The number of aliphatic hydroxyl groups excluding tert-OH is 1. The highest BCUT2D eigenvalue weighted by atomic mass is 32.1. The van der Waals surface area contributed by atoms with Crippen molar-refractivity contribution >= 4 is 11.3 Å². The number of hydrogen-bond donors (Lipinski definition) is 2. The first-order valence-corrected chi connectivity index (χ1v) is 7.50. The van der Waals surface area contributed by atoms with E-state index in [0.717, 1.165) is 16.3 Å². The van der Waals surface area contributed by atoms with Gasteiger partial charge < -0.3 is 15.2 Å². The summed E-state index contributed by atoms with van der Waals surface area (Å²) in [4.78, 5) is 4.65. The van der Waals surface area contributed by atoms with Crippen molar-refractivity contribution < 1.29 is 9.84 Å². The molecule has 0 aliphatic heterocycles. The fourth-order valence-electron chi connectivity index (χ4n) is 1.88. The number of nitrogens with zero attached hydrogens (tertiary/aromatic N) is 1. The molecule has 0 saturated carbocycles. The van der Waals surface area contributed by atoms with E-state index in [1.54, 1.807) is 18.4 Å². The number of rotatable bonds is 7. The number of aliphatic hydroxyl groups is 1. The van der Waals surface area contributed by atoms with Crippen molar-refractivity contribution in [2.75, 3.05) is 20.3 Å². The molecule has 108 valence electrons. The van der Waals surface area contributed by atoms with Crippen molar-refractivity contribution in [1.82, 2.24) is 10.3 Å². The fourth-order valence-corrected chi connectivity index (χ4v) is 2.74. The highest BCUT2D eigenvalue weighted by Gasteiger charge is 2.12. The lowest BCUT2D eigenvalue weighted by Crippen LogP contribution is -2.31. The Labute approximate surface area is 123 Å². The maximum atomic E-state index is 9.62. The number of methoxy groups -OCH3 is 1. The Morgan fingerprint density at radius 2 is 2.10 bits per heavy atom. The zero-order chi connectivity index (χ0) is 14.4. The van der Waals surface area contributed by atoms with Crippen LogP contribution in [0.3, 0.4) is 0 Å². The first kappa shape index (κ1) is 15.1. The monoisotopic (exact) mass is 292 g/mol. The number of ether oxygens (including phenoxy) is 1. The van der Waals surface area contributed by atoms with Crippen molar-refractivity contribution in [2.45, 2.75) is 19.1 Å². The minimum atomic E-state index is -0.490. The number of aromatic nitrogens is 1. The molecule has 2 unspecified atom stereocenters. The molecular formula is C15H20N2O2S. The van der Waals surface area contributed by atoms with E-state index in [-0.39, 0.29) is 6.04 Å². The minimum Gasteiger partial charge on any atom is -0.389 e. The third kappa shape index (κ3) is 4.11. The minimum absolute atomic E-state index is 0.115. The molecule has 2 rings (SSSR count). The van der Waals surface area contributed by atoms with Crippen molar-refractivity contribution in [1.29, 1.82) is 0 Å². The van der Waals surface area contributed by atoms with Gasteiger partial charge in [0.1, 0.15) is 5.01 Å². The molecule has 1 aromatic carbocycles. The topological polar surface area (TPSA) is 54.4 Å². The molecular weight excluding hydrogens is 272 g/mol. The zero-order valence-corrected chi connectivity index (χ0v) is 12.6. The van der Waals surface area contributed by atoms with Crippen LogP contribution in [0, 0.1) is 0 Å². The van der Waals surface area contributed by atoms with Gasteiger partial charge in [-0.05, 0) is 6.92 Å². The summed E-state index contributed by atoms with van der Waals surface area (Å²) in [6.45, 7) is 2.88. The summed E-state index contributed by atoms with van der Waals surface area (Å²) >= 11 is 1.63. The molecule has 2 aromatic rings. The molecule has 1 heterocycles. The molecule has 2 N–H and O–H groups in total. The van der Waals surface area contributed by atoms with Gasteiger partial charge >= 0.3 is 0 Å². The second kappa shape index (κ2) is 7.50. The van der Waals surface area contributed by atoms with Crippen LogP contribution in [0.25, 0.3) is 11.3 Å². The highest BCUT2D eigenvalue weighted by Crippen LogP contribution is 2.25. The van der Waals surface area contributed by atoms with Crippen molar-refractivity contribution in [3.63, 3.8) is 0 Å². The van der Waals surface area contributed by atoms with Gasteiger partial charge in [0.25, 0.3) is 0 Å². The molecule has 1 aromatic heterocycles. The number of thiazole rings is 1. The predicted molar refractivity (Wildman–Crippen MR) is 81.9 cm³/mol. The molecule has 0 fully saturated rings. The van der Waals surface area contributed by atoms with Crippen LogP contribution in [-0.4, -0.2) is 36.5 Å². The molecule has 0 amide bonds. The Hall–Kier alpha value is -1.27. The highest BCUT2D eigenvalue weighted by molar-refractivity contribution is 7.10. The molecule has 0 radical (unpaired) electrons. The molecule has 2 atom stereocenters. The Balaban J connectivity index is 1.95. The molecule has 20 heavy (non-hydrogen) atoms. The van der Waals surface area contributed by atoms with E-state index in [1.165, 1.54) is 0 Å². The summed E-state index contributed by atoms with van der Waals surface area (Å²) in [5.74, 6) is 0. The van der Waals surface area contributed by atoms with Gasteiger partial charge in [-0.3, -0.25) is 0 Å². The summed E-state index contributed by atoms with van der Waals surface area (Å²) in [6, 6.07) is 10.2. The van der Waals surface area contributed by atoms with Crippen LogP contribution in [0.15, 0.2) is 35.7 Å². The van der Waals surface area contributed by atoms with Gasteiger partial charge in [-0.15, -0.1) is 11.3 Å². The second-order valence-corrected chi connectivity index (χ2v) is 5.57. The lowest BCUT2D eigenvalue weighted by Gasteiger charge is -2.14. The van der Waals surface area contributed by atoms with E-state index >= 15 is 0 Å². The maximum Gasteiger partial charge on any atom is 0.110 e. The smallest absolute Gasteiger partial charge is 0.110 e. The molecule has 0 aliphatic rings. The normalized spacial score (nSPS) is 14.2. The van der Waals surface area contributed by atoms with Gasteiger partial charge in [-0.25, -0.2) is 4.98 Å². The summed E-state index contributed by atoms with van der Waals surface area (Å²) < 4.78 is 4.90. The van der Waals surface area contributed by atoms with Crippen LogP contribution < -0.4 is 5.32 Å². The lowest BCUT2D eigenvalue weighted by atomic mass is 10.2. The average molecular weight is 292 g/mol. The molecule has 4 nitrogen and oxygen atoms in total. The maximum absolute atomic E-state index is 9.62. The molecule has 0 saturated heterocycles. The van der Waals surface area contributed by atoms with Crippen molar-refractivity contribution in [3.8, 4) is 11.3 Å². The number of hydrogen-bond acceptors (Lipinski definition) is 5. The van der Waals surface area contributed by atoms with Gasteiger partial charge in [0.2, 0.25) is 0 Å². The fraction of sp³-hybridized carbons (Fsp3) is 0.400. The first-order chi connectivity index (χ1) is 9.70. The molecule has 0 bridgehead atoms. The van der Waals surface area contributed by atoms with Crippen LogP contribution in [0.2, 0.25) is 0 Å². The first-order valence-electron chi connectivity index (χ1n) is 6.62. The van der Waals surface area contributed by atoms with Crippen molar-refractivity contribution in [3.05, 3.63) is 40.7 Å².